The van der Waals surface area contributed by atoms with E-state index in [1.165, 1.54) is 18.2 Å². The van der Waals surface area contributed by atoms with Crippen LogP contribution in [0.3, 0.4) is 0 Å². The van der Waals surface area contributed by atoms with E-state index in [1.807, 2.05) is 0 Å². The molecule has 0 atom stereocenters. The summed E-state index contributed by atoms with van der Waals surface area (Å²) in [4.78, 5) is 13.5. The van der Waals surface area contributed by atoms with Gasteiger partial charge in [0.05, 0.1) is 6.61 Å². The normalized spacial score (nSPS) is 9.62. The smallest absolute Gasteiger partial charge is 0.240 e. The minimum atomic E-state index is -0.474. The van der Waals surface area contributed by atoms with Crippen LogP contribution < -0.4 is 4.74 Å². The number of rotatable bonds is 6. The molecular weight excluding hydrogens is 213 g/mol. The first kappa shape index (κ1) is 12.4. The number of benzene rings is 1. The number of isocyanates is 1. The van der Waals surface area contributed by atoms with Crippen LogP contribution in [0, 0.1) is 5.82 Å². The summed E-state index contributed by atoms with van der Waals surface area (Å²) < 4.78 is 23.0. The zero-order chi connectivity index (χ0) is 11.8. The van der Waals surface area contributed by atoms with Crippen LogP contribution in [-0.4, -0.2) is 26.4 Å². The van der Waals surface area contributed by atoms with Crippen molar-refractivity contribution < 1.29 is 18.7 Å². The molecule has 4 nitrogen and oxygen atoms in total. The summed E-state index contributed by atoms with van der Waals surface area (Å²) in [5.41, 5.74) is 0.146. The lowest BCUT2D eigenvalue weighted by atomic mass is 10.3. The van der Waals surface area contributed by atoms with Gasteiger partial charge in [-0.25, -0.2) is 9.18 Å². The standard InChI is InChI=1S/C11H12FNO3/c1-15-5-2-6-16-11-4-3-9(12)7-10(11)13-8-14/h3-4,7H,2,5-6H2,1H3. The largest absolute Gasteiger partial charge is 0.491 e. The van der Waals surface area contributed by atoms with Gasteiger partial charge < -0.3 is 9.47 Å². The van der Waals surface area contributed by atoms with Gasteiger partial charge in [-0.05, 0) is 12.1 Å². The average Bonchev–Trinajstić information content (AvgIpc) is 2.27. The quantitative estimate of drug-likeness (QED) is 0.423. The Bertz CT molecular complexity index is 389. The fourth-order valence-corrected chi connectivity index (χ4v) is 1.13. The fraction of sp³-hybridized carbons (Fsp3) is 0.364. The Morgan fingerprint density at radius 2 is 2.25 bits per heavy atom. The van der Waals surface area contributed by atoms with Crippen molar-refractivity contribution in [3.63, 3.8) is 0 Å². The second-order valence-electron chi connectivity index (χ2n) is 3.01. The van der Waals surface area contributed by atoms with E-state index < -0.39 is 5.82 Å². The minimum absolute atomic E-state index is 0.146. The van der Waals surface area contributed by atoms with Crippen LogP contribution in [0.5, 0.6) is 5.75 Å². The molecule has 0 unspecified atom stereocenters. The van der Waals surface area contributed by atoms with Gasteiger partial charge in [-0.15, -0.1) is 0 Å². The predicted octanol–water partition coefficient (Wildman–Crippen LogP) is 2.21. The first-order valence-electron chi connectivity index (χ1n) is 4.77. The highest BCUT2D eigenvalue weighted by atomic mass is 19.1. The summed E-state index contributed by atoms with van der Waals surface area (Å²) in [6.45, 7) is 0.994. The maximum atomic E-state index is 12.8. The number of ether oxygens (including phenoxy) is 2. The van der Waals surface area contributed by atoms with E-state index in [-0.39, 0.29) is 5.69 Å². The zero-order valence-corrected chi connectivity index (χ0v) is 8.90. The molecule has 0 aliphatic rings. The molecule has 1 aromatic carbocycles. The molecule has 0 radical (unpaired) electrons. The number of methoxy groups -OCH3 is 1. The number of aliphatic imine (C=N–C) groups is 1. The van der Waals surface area contributed by atoms with Gasteiger partial charge >= 0.3 is 0 Å². The van der Waals surface area contributed by atoms with E-state index in [4.69, 9.17) is 9.47 Å². The van der Waals surface area contributed by atoms with E-state index in [1.54, 1.807) is 7.11 Å². The van der Waals surface area contributed by atoms with E-state index in [2.05, 4.69) is 4.99 Å². The van der Waals surface area contributed by atoms with Gasteiger partial charge in [-0.2, -0.15) is 4.99 Å². The molecule has 0 saturated heterocycles. The molecule has 1 rings (SSSR count). The third-order valence-corrected chi connectivity index (χ3v) is 1.84. The maximum absolute atomic E-state index is 12.8. The molecular formula is C11H12FNO3. The van der Waals surface area contributed by atoms with Crippen LogP contribution in [0.15, 0.2) is 23.2 Å². The van der Waals surface area contributed by atoms with Gasteiger partial charge in [0, 0.05) is 26.2 Å². The summed E-state index contributed by atoms with van der Waals surface area (Å²) in [5.74, 6) is -0.112. The van der Waals surface area contributed by atoms with Crippen LogP contribution in [0.1, 0.15) is 6.42 Å². The molecule has 86 valence electrons. The highest BCUT2D eigenvalue weighted by Gasteiger charge is 2.04. The minimum Gasteiger partial charge on any atom is -0.491 e. The average molecular weight is 225 g/mol. The molecule has 0 fully saturated rings. The third-order valence-electron chi connectivity index (χ3n) is 1.84. The van der Waals surface area contributed by atoms with Gasteiger partial charge in [0.15, 0.2) is 0 Å². The van der Waals surface area contributed by atoms with Crippen molar-refractivity contribution in [1.29, 1.82) is 0 Å². The molecule has 1 aromatic rings. The summed E-state index contributed by atoms with van der Waals surface area (Å²) >= 11 is 0. The van der Waals surface area contributed by atoms with Crippen molar-refractivity contribution in [2.24, 2.45) is 4.99 Å². The maximum Gasteiger partial charge on any atom is 0.240 e. The summed E-state index contributed by atoms with van der Waals surface area (Å²) in [5, 5.41) is 0. The van der Waals surface area contributed by atoms with Crippen molar-refractivity contribution in [3.8, 4) is 5.75 Å². The van der Waals surface area contributed by atoms with Gasteiger partial charge in [-0.1, -0.05) is 0 Å². The predicted molar refractivity (Wildman–Crippen MR) is 56.2 cm³/mol. The molecule has 0 aliphatic heterocycles. The van der Waals surface area contributed by atoms with Crippen LogP contribution in [0.2, 0.25) is 0 Å². The molecule has 0 aromatic heterocycles. The lowest BCUT2D eigenvalue weighted by Crippen LogP contribution is -2.01. The lowest BCUT2D eigenvalue weighted by Gasteiger charge is -2.07. The van der Waals surface area contributed by atoms with Crippen molar-refractivity contribution in [2.75, 3.05) is 20.3 Å². The monoisotopic (exact) mass is 225 g/mol. The number of hydrogen-bond acceptors (Lipinski definition) is 4. The number of halogens is 1. The first-order valence-corrected chi connectivity index (χ1v) is 4.77. The molecule has 0 amide bonds. The van der Waals surface area contributed by atoms with Gasteiger partial charge in [0.2, 0.25) is 6.08 Å². The zero-order valence-electron chi connectivity index (χ0n) is 8.90. The number of nitrogens with zero attached hydrogens (tertiary/aromatic N) is 1. The molecule has 0 aliphatic carbocycles. The highest BCUT2D eigenvalue weighted by molar-refractivity contribution is 5.57. The van der Waals surface area contributed by atoms with Crippen LogP contribution in [-0.2, 0) is 9.53 Å². The van der Waals surface area contributed by atoms with Crippen molar-refractivity contribution in [1.82, 2.24) is 0 Å². The summed E-state index contributed by atoms with van der Waals surface area (Å²) in [7, 11) is 1.60. The number of hydrogen-bond donors (Lipinski definition) is 0. The van der Waals surface area contributed by atoms with Crippen LogP contribution in [0.4, 0.5) is 10.1 Å². The molecule has 5 heteroatoms. The van der Waals surface area contributed by atoms with Crippen LogP contribution >= 0.6 is 0 Å². The van der Waals surface area contributed by atoms with E-state index in [9.17, 15) is 9.18 Å². The topological polar surface area (TPSA) is 47.9 Å². The Morgan fingerprint density at radius 3 is 2.94 bits per heavy atom. The molecule has 0 N–H and O–H groups in total. The van der Waals surface area contributed by atoms with E-state index >= 15 is 0 Å². The molecule has 0 bridgehead atoms. The summed E-state index contributed by atoms with van der Waals surface area (Å²) in [6, 6.07) is 3.80. The SMILES string of the molecule is COCCCOc1ccc(F)cc1N=C=O. The Balaban J connectivity index is 2.67. The van der Waals surface area contributed by atoms with E-state index in [0.717, 1.165) is 6.07 Å². The summed E-state index contributed by atoms with van der Waals surface area (Å²) in [6.07, 6.45) is 2.06. The van der Waals surface area contributed by atoms with Gasteiger partial charge in [0.1, 0.15) is 17.3 Å². The van der Waals surface area contributed by atoms with Crippen LogP contribution in [0.25, 0.3) is 0 Å². The second kappa shape index (κ2) is 6.71. The first-order chi connectivity index (χ1) is 7.77. The Morgan fingerprint density at radius 1 is 1.44 bits per heavy atom. The molecule has 0 spiro atoms. The molecule has 0 heterocycles. The Labute approximate surface area is 92.7 Å². The highest BCUT2D eigenvalue weighted by Crippen LogP contribution is 2.27. The fourth-order valence-electron chi connectivity index (χ4n) is 1.13. The lowest BCUT2D eigenvalue weighted by molar-refractivity contribution is 0.172. The van der Waals surface area contributed by atoms with Crippen molar-refractivity contribution in [3.05, 3.63) is 24.0 Å². The Hall–Kier alpha value is -1.71. The third kappa shape index (κ3) is 3.81. The molecule has 16 heavy (non-hydrogen) atoms. The Kier molecular flexibility index (Phi) is 5.19. The van der Waals surface area contributed by atoms with Gasteiger partial charge in [0.25, 0.3) is 0 Å². The number of carbonyl (C=O) groups excluding carboxylic acids is 1. The second-order valence-corrected chi connectivity index (χ2v) is 3.01. The van der Waals surface area contributed by atoms with Crippen molar-refractivity contribution >= 4 is 11.8 Å². The van der Waals surface area contributed by atoms with Crippen molar-refractivity contribution in [2.45, 2.75) is 6.42 Å². The van der Waals surface area contributed by atoms with Gasteiger partial charge in [-0.3, -0.25) is 0 Å². The van der Waals surface area contributed by atoms with E-state index in [0.29, 0.717) is 25.4 Å². The molecule has 0 saturated carbocycles.